The van der Waals surface area contributed by atoms with E-state index in [1.165, 1.54) is 0 Å². The van der Waals surface area contributed by atoms with Gasteiger partial charge in [0.15, 0.2) is 0 Å². The van der Waals surface area contributed by atoms with E-state index in [4.69, 9.17) is 16.3 Å². The molecule has 14 heavy (non-hydrogen) atoms. The quantitative estimate of drug-likeness (QED) is 0.828. The molecule has 0 aliphatic heterocycles. The third kappa shape index (κ3) is 1.49. The van der Waals surface area contributed by atoms with Crippen molar-refractivity contribution in [1.29, 1.82) is 0 Å². The summed E-state index contributed by atoms with van der Waals surface area (Å²) in [4.78, 5) is 0. The Morgan fingerprint density at radius 3 is 3.00 bits per heavy atom. The van der Waals surface area contributed by atoms with Crippen LogP contribution in [0.25, 0.3) is 10.9 Å². The predicted molar refractivity (Wildman–Crippen MR) is 56.5 cm³/mol. The minimum Gasteiger partial charge on any atom is -0.377 e. The van der Waals surface area contributed by atoms with Crippen LogP contribution >= 0.6 is 11.6 Å². The molecule has 0 bridgehead atoms. The average Bonchev–Trinajstić information content (AvgIpc) is 2.62. The maximum Gasteiger partial charge on any atom is 0.0800 e. The van der Waals surface area contributed by atoms with Gasteiger partial charge in [0, 0.05) is 17.5 Å². The summed E-state index contributed by atoms with van der Waals surface area (Å²) in [5.41, 5.74) is 2.00. The summed E-state index contributed by atoms with van der Waals surface area (Å²) in [6, 6.07) is 3.77. The molecule has 0 saturated heterocycles. The number of hydrogen-bond donors (Lipinski definition) is 1. The zero-order valence-corrected chi connectivity index (χ0v) is 8.80. The molecule has 1 heterocycles. The highest BCUT2D eigenvalue weighted by atomic mass is 35.5. The van der Waals surface area contributed by atoms with Gasteiger partial charge in [0.05, 0.1) is 17.8 Å². The highest BCUT2D eigenvalue weighted by Gasteiger charge is 2.10. The molecular formula is C10H11ClN2O. The number of halogens is 1. The number of benzene rings is 1. The first kappa shape index (κ1) is 9.49. The van der Waals surface area contributed by atoms with Crippen molar-refractivity contribution in [2.75, 3.05) is 7.11 Å². The fourth-order valence-electron chi connectivity index (χ4n) is 1.51. The molecule has 2 rings (SSSR count). The second-order valence-corrected chi connectivity index (χ2v) is 3.64. The fraction of sp³-hybridized carbons (Fsp3) is 0.300. The van der Waals surface area contributed by atoms with Gasteiger partial charge < -0.3 is 4.74 Å². The summed E-state index contributed by atoms with van der Waals surface area (Å²) in [5, 5.41) is 8.62. The van der Waals surface area contributed by atoms with Crippen LogP contribution in [0.4, 0.5) is 0 Å². The van der Waals surface area contributed by atoms with Crippen LogP contribution in [0.1, 0.15) is 18.6 Å². The molecule has 0 saturated carbocycles. The Labute approximate surface area is 87.0 Å². The SMILES string of the molecule is COC(C)c1cc(Cl)cc2[nH]ncc12. The Morgan fingerprint density at radius 1 is 1.50 bits per heavy atom. The van der Waals surface area contributed by atoms with E-state index in [1.54, 1.807) is 13.3 Å². The Kier molecular flexibility index (Phi) is 2.44. The lowest BCUT2D eigenvalue weighted by molar-refractivity contribution is 0.121. The van der Waals surface area contributed by atoms with Crippen molar-refractivity contribution in [2.24, 2.45) is 0 Å². The van der Waals surface area contributed by atoms with Crippen LogP contribution in [0, 0.1) is 0 Å². The molecule has 0 aliphatic rings. The third-order valence-corrected chi connectivity index (χ3v) is 2.57. The first-order valence-corrected chi connectivity index (χ1v) is 4.75. The molecule has 1 aromatic carbocycles. The number of rotatable bonds is 2. The molecule has 0 radical (unpaired) electrons. The van der Waals surface area contributed by atoms with Gasteiger partial charge in [0.25, 0.3) is 0 Å². The van der Waals surface area contributed by atoms with Crippen molar-refractivity contribution < 1.29 is 4.74 Å². The summed E-state index contributed by atoms with van der Waals surface area (Å²) >= 11 is 5.98. The second-order valence-electron chi connectivity index (χ2n) is 3.20. The number of hydrogen-bond acceptors (Lipinski definition) is 2. The highest BCUT2D eigenvalue weighted by molar-refractivity contribution is 6.31. The number of nitrogens with zero attached hydrogens (tertiary/aromatic N) is 1. The number of H-pyrrole nitrogens is 1. The maximum absolute atomic E-state index is 5.98. The van der Waals surface area contributed by atoms with E-state index in [0.717, 1.165) is 16.5 Å². The molecule has 0 spiro atoms. The number of aromatic amines is 1. The summed E-state index contributed by atoms with van der Waals surface area (Å²) in [5.74, 6) is 0. The first-order chi connectivity index (χ1) is 6.72. The molecule has 1 atom stereocenters. The smallest absolute Gasteiger partial charge is 0.0800 e. The molecule has 1 unspecified atom stereocenters. The van der Waals surface area contributed by atoms with E-state index in [-0.39, 0.29) is 6.10 Å². The standard InChI is InChI=1S/C10H11ClN2O/c1-6(14-2)8-3-7(11)4-10-9(8)5-12-13-10/h3-6H,1-2H3,(H,12,13). The molecular weight excluding hydrogens is 200 g/mol. The Bertz CT molecular complexity index is 452. The summed E-state index contributed by atoms with van der Waals surface area (Å²) < 4.78 is 5.27. The van der Waals surface area contributed by atoms with Gasteiger partial charge in [-0.1, -0.05) is 11.6 Å². The molecule has 0 aliphatic carbocycles. The minimum atomic E-state index is 0.0220. The van der Waals surface area contributed by atoms with Gasteiger partial charge >= 0.3 is 0 Å². The van der Waals surface area contributed by atoms with Crippen LogP contribution < -0.4 is 0 Å². The van der Waals surface area contributed by atoms with E-state index in [9.17, 15) is 0 Å². The predicted octanol–water partition coefficient (Wildman–Crippen LogP) is 2.92. The van der Waals surface area contributed by atoms with Crippen LogP contribution in [0.2, 0.25) is 5.02 Å². The van der Waals surface area contributed by atoms with Gasteiger partial charge in [-0.05, 0) is 24.6 Å². The van der Waals surface area contributed by atoms with E-state index < -0.39 is 0 Å². The lowest BCUT2D eigenvalue weighted by atomic mass is 10.1. The Balaban J connectivity index is 2.66. The highest BCUT2D eigenvalue weighted by Crippen LogP contribution is 2.28. The number of ether oxygens (including phenoxy) is 1. The molecule has 0 amide bonds. The van der Waals surface area contributed by atoms with Gasteiger partial charge in [-0.3, -0.25) is 5.10 Å². The van der Waals surface area contributed by atoms with E-state index in [1.807, 2.05) is 19.1 Å². The maximum atomic E-state index is 5.98. The number of methoxy groups -OCH3 is 1. The summed E-state index contributed by atoms with van der Waals surface area (Å²) in [7, 11) is 1.68. The zero-order valence-electron chi connectivity index (χ0n) is 8.04. The molecule has 1 N–H and O–H groups in total. The van der Waals surface area contributed by atoms with Crippen molar-refractivity contribution in [3.05, 3.63) is 28.9 Å². The molecule has 0 fully saturated rings. The largest absolute Gasteiger partial charge is 0.377 e. The van der Waals surface area contributed by atoms with Gasteiger partial charge in [0.1, 0.15) is 0 Å². The minimum absolute atomic E-state index is 0.0220. The van der Waals surface area contributed by atoms with Crippen LogP contribution in [0.15, 0.2) is 18.3 Å². The number of nitrogens with one attached hydrogen (secondary N) is 1. The lowest BCUT2D eigenvalue weighted by Crippen LogP contribution is -1.96. The van der Waals surface area contributed by atoms with Gasteiger partial charge in [-0.2, -0.15) is 5.10 Å². The lowest BCUT2D eigenvalue weighted by Gasteiger charge is -2.11. The van der Waals surface area contributed by atoms with Crippen LogP contribution in [-0.4, -0.2) is 17.3 Å². The second kappa shape index (κ2) is 3.59. The van der Waals surface area contributed by atoms with E-state index >= 15 is 0 Å². The van der Waals surface area contributed by atoms with Gasteiger partial charge in [-0.25, -0.2) is 0 Å². The van der Waals surface area contributed by atoms with Crippen LogP contribution in [0.5, 0.6) is 0 Å². The van der Waals surface area contributed by atoms with Crippen LogP contribution in [0.3, 0.4) is 0 Å². The number of aromatic nitrogens is 2. The molecule has 4 heteroatoms. The van der Waals surface area contributed by atoms with Gasteiger partial charge in [0.2, 0.25) is 0 Å². The van der Waals surface area contributed by atoms with Crippen molar-refractivity contribution >= 4 is 22.5 Å². The van der Waals surface area contributed by atoms with Gasteiger partial charge in [-0.15, -0.1) is 0 Å². The Morgan fingerprint density at radius 2 is 2.29 bits per heavy atom. The fourth-order valence-corrected chi connectivity index (χ4v) is 1.73. The monoisotopic (exact) mass is 210 g/mol. The van der Waals surface area contributed by atoms with Crippen LogP contribution in [-0.2, 0) is 4.74 Å². The number of fused-ring (bicyclic) bond motifs is 1. The third-order valence-electron chi connectivity index (χ3n) is 2.35. The molecule has 1 aromatic heterocycles. The van der Waals surface area contributed by atoms with E-state index in [0.29, 0.717) is 5.02 Å². The average molecular weight is 211 g/mol. The van der Waals surface area contributed by atoms with Crippen molar-refractivity contribution in [3.8, 4) is 0 Å². The summed E-state index contributed by atoms with van der Waals surface area (Å²) in [6.07, 6.45) is 1.81. The van der Waals surface area contributed by atoms with Crippen molar-refractivity contribution in [2.45, 2.75) is 13.0 Å². The van der Waals surface area contributed by atoms with E-state index in [2.05, 4.69) is 10.2 Å². The topological polar surface area (TPSA) is 37.9 Å². The molecule has 3 nitrogen and oxygen atoms in total. The zero-order chi connectivity index (χ0) is 10.1. The summed E-state index contributed by atoms with van der Waals surface area (Å²) in [6.45, 7) is 1.98. The van der Waals surface area contributed by atoms with Crippen molar-refractivity contribution in [3.63, 3.8) is 0 Å². The first-order valence-electron chi connectivity index (χ1n) is 4.37. The normalized spacial score (nSPS) is 13.4. The molecule has 2 aromatic rings. The Hall–Kier alpha value is -1.06. The molecule has 74 valence electrons. The van der Waals surface area contributed by atoms with Crippen molar-refractivity contribution in [1.82, 2.24) is 10.2 Å².